The molecular formula is C17H19NO4S. The lowest BCUT2D eigenvalue weighted by molar-refractivity contribution is -0.138. The first kappa shape index (κ1) is 15.9. The molecule has 122 valence electrons. The minimum atomic E-state index is -0.173. The van der Waals surface area contributed by atoms with Crippen LogP contribution in [0.4, 0.5) is 4.79 Å². The van der Waals surface area contributed by atoms with Crippen LogP contribution < -0.4 is 14.8 Å². The molecule has 1 aromatic rings. The summed E-state index contributed by atoms with van der Waals surface area (Å²) in [6.45, 7) is 0.546. The smallest absolute Gasteiger partial charge is 0.314 e. The predicted molar refractivity (Wildman–Crippen MR) is 89.6 cm³/mol. The van der Waals surface area contributed by atoms with Crippen molar-refractivity contribution >= 4 is 29.0 Å². The van der Waals surface area contributed by atoms with E-state index in [1.165, 1.54) is 11.8 Å². The third kappa shape index (κ3) is 3.88. The van der Waals surface area contributed by atoms with E-state index in [2.05, 4.69) is 5.32 Å². The van der Waals surface area contributed by atoms with E-state index in [0.717, 1.165) is 36.2 Å². The Labute approximate surface area is 139 Å². The molecule has 3 rings (SSSR count). The van der Waals surface area contributed by atoms with Crippen molar-refractivity contribution in [2.75, 3.05) is 13.7 Å². The summed E-state index contributed by atoms with van der Waals surface area (Å²) >= 11 is 1.19. The Hall–Kier alpha value is -1.95. The van der Waals surface area contributed by atoms with Crippen LogP contribution in [0.1, 0.15) is 31.2 Å². The number of esters is 1. The van der Waals surface area contributed by atoms with Crippen LogP contribution in [0, 0.1) is 5.92 Å². The topological polar surface area (TPSA) is 64.6 Å². The summed E-state index contributed by atoms with van der Waals surface area (Å²) in [5.41, 5.74) is 0.904. The molecule has 23 heavy (non-hydrogen) atoms. The van der Waals surface area contributed by atoms with E-state index in [-0.39, 0.29) is 17.1 Å². The zero-order valence-corrected chi connectivity index (χ0v) is 13.8. The first-order chi connectivity index (χ1) is 11.2. The molecule has 1 heterocycles. The van der Waals surface area contributed by atoms with E-state index >= 15 is 0 Å². The second kappa shape index (κ2) is 7.08. The summed E-state index contributed by atoms with van der Waals surface area (Å²) in [5.74, 6) is 0.800. The summed E-state index contributed by atoms with van der Waals surface area (Å²) in [4.78, 5) is 24.3. The molecule has 0 unspecified atom stereocenters. The number of amides is 1. The Bertz CT molecular complexity index is 650. The van der Waals surface area contributed by atoms with Crippen molar-refractivity contribution in [3.05, 3.63) is 28.7 Å². The van der Waals surface area contributed by atoms with E-state index < -0.39 is 0 Å². The summed E-state index contributed by atoms with van der Waals surface area (Å²) < 4.78 is 10.8. The number of benzene rings is 1. The van der Waals surface area contributed by atoms with Crippen LogP contribution in [0.15, 0.2) is 23.1 Å². The number of rotatable bonds is 4. The SMILES string of the molecule is COc1cc(/C=C2/CNC(=O)S2)ccc1OC(=O)C1CCCC1. The van der Waals surface area contributed by atoms with Crippen molar-refractivity contribution < 1.29 is 19.1 Å². The molecule has 6 heteroatoms. The molecule has 1 saturated heterocycles. The Morgan fingerprint density at radius 2 is 2.09 bits per heavy atom. The summed E-state index contributed by atoms with van der Waals surface area (Å²) in [5, 5.41) is 2.71. The third-order valence-electron chi connectivity index (χ3n) is 4.05. The zero-order chi connectivity index (χ0) is 16.2. The van der Waals surface area contributed by atoms with Gasteiger partial charge in [-0.1, -0.05) is 18.9 Å². The normalized spacial score (nSPS) is 19.9. The molecule has 1 amide bonds. The van der Waals surface area contributed by atoms with E-state index in [4.69, 9.17) is 9.47 Å². The maximum atomic E-state index is 12.1. The average Bonchev–Trinajstić information content (AvgIpc) is 3.20. The lowest BCUT2D eigenvalue weighted by atomic mass is 10.1. The van der Waals surface area contributed by atoms with Crippen molar-refractivity contribution in [1.82, 2.24) is 5.32 Å². The molecule has 1 aromatic carbocycles. The summed E-state index contributed by atoms with van der Waals surface area (Å²) in [7, 11) is 1.55. The van der Waals surface area contributed by atoms with Gasteiger partial charge in [-0.15, -0.1) is 0 Å². The number of ether oxygens (including phenoxy) is 2. The van der Waals surface area contributed by atoms with E-state index in [1.807, 2.05) is 18.2 Å². The minimum absolute atomic E-state index is 0.00785. The predicted octanol–water partition coefficient (Wildman–Crippen LogP) is 3.59. The molecule has 0 aromatic heterocycles. The molecule has 5 nitrogen and oxygen atoms in total. The van der Waals surface area contributed by atoms with Crippen LogP contribution in [-0.2, 0) is 4.79 Å². The number of hydrogen-bond donors (Lipinski definition) is 1. The van der Waals surface area contributed by atoms with Gasteiger partial charge in [0.25, 0.3) is 5.24 Å². The first-order valence-electron chi connectivity index (χ1n) is 7.71. The monoisotopic (exact) mass is 333 g/mol. The van der Waals surface area contributed by atoms with Gasteiger partial charge in [0.2, 0.25) is 0 Å². The maximum absolute atomic E-state index is 12.1. The van der Waals surface area contributed by atoms with Gasteiger partial charge in [-0.2, -0.15) is 0 Å². The molecule has 2 fully saturated rings. The highest BCUT2D eigenvalue weighted by Crippen LogP contribution is 2.33. The average molecular weight is 333 g/mol. The van der Waals surface area contributed by atoms with Crippen LogP contribution in [0.5, 0.6) is 11.5 Å². The summed E-state index contributed by atoms with van der Waals surface area (Å²) in [6, 6.07) is 5.41. The first-order valence-corrected chi connectivity index (χ1v) is 8.53. The lowest BCUT2D eigenvalue weighted by Gasteiger charge is -2.12. The van der Waals surface area contributed by atoms with Crippen LogP contribution in [0.25, 0.3) is 6.08 Å². The largest absolute Gasteiger partial charge is 0.493 e. The van der Waals surface area contributed by atoms with Crippen LogP contribution in [0.3, 0.4) is 0 Å². The summed E-state index contributed by atoms with van der Waals surface area (Å²) in [6.07, 6.45) is 5.92. The maximum Gasteiger partial charge on any atom is 0.314 e. The number of thioether (sulfide) groups is 1. The van der Waals surface area contributed by atoms with Crippen molar-refractivity contribution in [2.45, 2.75) is 25.7 Å². The molecule has 1 aliphatic carbocycles. The van der Waals surface area contributed by atoms with Crippen molar-refractivity contribution in [1.29, 1.82) is 0 Å². The van der Waals surface area contributed by atoms with Crippen molar-refractivity contribution in [2.24, 2.45) is 5.92 Å². The Morgan fingerprint density at radius 3 is 2.74 bits per heavy atom. The van der Waals surface area contributed by atoms with Crippen LogP contribution >= 0.6 is 11.8 Å². The Kier molecular flexibility index (Phi) is 4.91. The second-order valence-electron chi connectivity index (χ2n) is 5.67. The molecule has 0 atom stereocenters. The second-order valence-corrected chi connectivity index (χ2v) is 6.77. The molecule has 0 radical (unpaired) electrons. The van der Waals surface area contributed by atoms with Gasteiger partial charge in [0.05, 0.1) is 19.6 Å². The Balaban J connectivity index is 1.74. The molecule has 1 aliphatic heterocycles. The van der Waals surface area contributed by atoms with Gasteiger partial charge in [0, 0.05) is 4.91 Å². The number of hydrogen-bond acceptors (Lipinski definition) is 5. The number of carbonyl (C=O) groups is 2. The third-order valence-corrected chi connectivity index (χ3v) is 4.90. The van der Waals surface area contributed by atoms with Crippen molar-refractivity contribution in [3.8, 4) is 11.5 Å². The standard InChI is InChI=1S/C17H19NO4S/c1-21-15-9-11(8-13-10-18-17(20)23-13)6-7-14(15)22-16(19)12-4-2-3-5-12/h6-9,12H,2-5,10H2,1H3,(H,18,20)/b13-8-. The van der Waals surface area contributed by atoms with Gasteiger partial charge in [-0.3, -0.25) is 9.59 Å². The molecule has 1 saturated carbocycles. The van der Waals surface area contributed by atoms with Gasteiger partial charge < -0.3 is 14.8 Å². The highest BCUT2D eigenvalue weighted by Gasteiger charge is 2.25. The quantitative estimate of drug-likeness (QED) is 0.674. The molecule has 1 N–H and O–H groups in total. The molecule has 2 aliphatic rings. The highest BCUT2D eigenvalue weighted by molar-refractivity contribution is 8.17. The van der Waals surface area contributed by atoms with E-state index in [0.29, 0.717) is 18.0 Å². The van der Waals surface area contributed by atoms with Crippen molar-refractivity contribution in [3.63, 3.8) is 0 Å². The van der Waals surface area contributed by atoms with Gasteiger partial charge in [0.15, 0.2) is 11.5 Å². The van der Waals surface area contributed by atoms with Gasteiger partial charge in [-0.25, -0.2) is 0 Å². The fourth-order valence-electron chi connectivity index (χ4n) is 2.83. The fourth-order valence-corrected chi connectivity index (χ4v) is 3.55. The minimum Gasteiger partial charge on any atom is -0.493 e. The van der Waals surface area contributed by atoms with Gasteiger partial charge in [-0.05, 0) is 48.4 Å². The highest BCUT2D eigenvalue weighted by atomic mass is 32.2. The zero-order valence-electron chi connectivity index (χ0n) is 13.0. The van der Waals surface area contributed by atoms with E-state index in [1.54, 1.807) is 13.2 Å². The van der Waals surface area contributed by atoms with Gasteiger partial charge >= 0.3 is 5.97 Å². The number of nitrogens with one attached hydrogen (secondary N) is 1. The van der Waals surface area contributed by atoms with Crippen LogP contribution in [-0.4, -0.2) is 24.9 Å². The number of carbonyl (C=O) groups excluding carboxylic acids is 2. The fraction of sp³-hybridized carbons (Fsp3) is 0.412. The number of methoxy groups -OCH3 is 1. The Morgan fingerprint density at radius 1 is 1.30 bits per heavy atom. The lowest BCUT2D eigenvalue weighted by Crippen LogP contribution is -2.18. The molecule has 0 spiro atoms. The molecular weight excluding hydrogens is 314 g/mol. The molecule has 0 bridgehead atoms. The van der Waals surface area contributed by atoms with Gasteiger partial charge in [0.1, 0.15) is 0 Å². The van der Waals surface area contributed by atoms with E-state index in [9.17, 15) is 9.59 Å². The van der Waals surface area contributed by atoms with Crippen LogP contribution in [0.2, 0.25) is 0 Å².